The maximum absolute atomic E-state index is 12.5. The molecule has 1 atom stereocenters. The molecular weight excluding hydrogens is 398 g/mol. The van der Waals surface area contributed by atoms with Crippen LogP contribution in [-0.2, 0) is 24.2 Å². The van der Waals surface area contributed by atoms with Crippen molar-refractivity contribution in [2.24, 2.45) is 0 Å². The number of nitrogens with zero attached hydrogens (tertiary/aromatic N) is 1. The number of ether oxygens (including phenoxy) is 3. The smallest absolute Gasteiger partial charge is 0.331 e. The van der Waals surface area contributed by atoms with Gasteiger partial charge in [-0.3, -0.25) is 4.79 Å². The third kappa shape index (κ3) is 6.77. The van der Waals surface area contributed by atoms with E-state index in [9.17, 15) is 18.0 Å². The van der Waals surface area contributed by atoms with Crippen LogP contribution in [0.1, 0.15) is 25.3 Å². The molecule has 0 N–H and O–H groups in total. The molecule has 1 aliphatic heterocycles. The Kier molecular flexibility index (Phi) is 8.07. The molecule has 1 aromatic rings. The second-order valence-electron chi connectivity index (χ2n) is 6.73. The molecule has 0 aliphatic carbocycles. The maximum Gasteiger partial charge on any atom is 0.331 e. The first kappa shape index (κ1) is 22.7. The zero-order valence-electron chi connectivity index (χ0n) is 16.9. The molecule has 2 rings (SSSR count). The van der Waals surface area contributed by atoms with Crippen LogP contribution in [0.15, 0.2) is 24.3 Å². The highest BCUT2D eigenvalue weighted by Crippen LogP contribution is 2.23. The van der Waals surface area contributed by atoms with Crippen LogP contribution in [0.3, 0.4) is 0 Å². The van der Waals surface area contributed by atoms with Crippen molar-refractivity contribution in [3.8, 4) is 11.5 Å². The first-order chi connectivity index (χ1) is 13.8. The average Bonchev–Trinajstić information content (AvgIpc) is 3.07. The molecule has 1 fully saturated rings. The SMILES string of the molecule is CCCN(C(=O)COC(=O)/C=C/c1cc(OC)cc(OC)c1)[C@H]1CCS(=O)(=O)C1. The Morgan fingerprint density at radius 2 is 1.83 bits per heavy atom. The van der Waals surface area contributed by atoms with E-state index in [1.54, 1.807) is 18.2 Å². The summed E-state index contributed by atoms with van der Waals surface area (Å²) in [4.78, 5) is 26.0. The predicted octanol–water partition coefficient (Wildman–Crippen LogP) is 1.69. The van der Waals surface area contributed by atoms with Crippen molar-refractivity contribution in [1.29, 1.82) is 0 Å². The van der Waals surface area contributed by atoms with Gasteiger partial charge in [0.05, 0.1) is 25.7 Å². The van der Waals surface area contributed by atoms with Gasteiger partial charge in [0.15, 0.2) is 16.4 Å². The zero-order chi connectivity index (χ0) is 21.4. The van der Waals surface area contributed by atoms with Gasteiger partial charge in [0.2, 0.25) is 0 Å². The quantitative estimate of drug-likeness (QED) is 0.438. The summed E-state index contributed by atoms with van der Waals surface area (Å²) >= 11 is 0. The molecule has 160 valence electrons. The largest absolute Gasteiger partial charge is 0.497 e. The summed E-state index contributed by atoms with van der Waals surface area (Å²) in [5.74, 6) is 0.139. The van der Waals surface area contributed by atoms with Crippen molar-refractivity contribution in [3.63, 3.8) is 0 Å². The molecule has 29 heavy (non-hydrogen) atoms. The van der Waals surface area contributed by atoms with Gasteiger partial charge in [-0.05, 0) is 36.6 Å². The maximum atomic E-state index is 12.5. The fourth-order valence-corrected chi connectivity index (χ4v) is 4.86. The molecule has 8 nitrogen and oxygen atoms in total. The Balaban J connectivity index is 1.95. The van der Waals surface area contributed by atoms with Crippen LogP contribution in [-0.4, -0.2) is 70.1 Å². The fraction of sp³-hybridized carbons (Fsp3) is 0.500. The van der Waals surface area contributed by atoms with E-state index in [4.69, 9.17) is 14.2 Å². The monoisotopic (exact) mass is 425 g/mol. The third-order valence-electron chi connectivity index (χ3n) is 4.56. The standard InChI is InChI=1S/C20H27NO7S/c1-4-8-21(16-7-9-29(24,25)14-16)19(22)13-28-20(23)6-5-15-10-17(26-2)12-18(11-15)27-3/h5-6,10-12,16H,4,7-9,13-14H2,1-3H3/b6-5+/t16-/m0/s1. The second-order valence-corrected chi connectivity index (χ2v) is 8.96. The van der Waals surface area contributed by atoms with Gasteiger partial charge in [0.25, 0.3) is 5.91 Å². The van der Waals surface area contributed by atoms with Gasteiger partial charge in [-0.15, -0.1) is 0 Å². The van der Waals surface area contributed by atoms with Gasteiger partial charge in [0.1, 0.15) is 11.5 Å². The molecule has 9 heteroatoms. The summed E-state index contributed by atoms with van der Waals surface area (Å²) in [7, 11) is -0.0526. The van der Waals surface area contributed by atoms with Crippen molar-refractivity contribution >= 4 is 27.8 Å². The van der Waals surface area contributed by atoms with Crippen LogP contribution >= 0.6 is 0 Å². The van der Waals surface area contributed by atoms with Gasteiger partial charge in [0, 0.05) is 24.7 Å². The number of hydrogen-bond acceptors (Lipinski definition) is 7. The van der Waals surface area contributed by atoms with Gasteiger partial charge < -0.3 is 19.1 Å². The van der Waals surface area contributed by atoms with Crippen molar-refractivity contribution in [2.75, 3.05) is 38.9 Å². The lowest BCUT2D eigenvalue weighted by Gasteiger charge is -2.27. The average molecular weight is 426 g/mol. The van der Waals surface area contributed by atoms with E-state index in [1.807, 2.05) is 6.92 Å². The number of sulfone groups is 1. The molecular formula is C20H27NO7S. The molecule has 1 amide bonds. The van der Waals surface area contributed by atoms with Crippen LogP contribution in [0.2, 0.25) is 0 Å². The molecule has 0 unspecified atom stereocenters. The first-order valence-electron chi connectivity index (χ1n) is 9.35. The van der Waals surface area contributed by atoms with Crippen LogP contribution in [0.5, 0.6) is 11.5 Å². The minimum atomic E-state index is -3.11. The van der Waals surface area contributed by atoms with Gasteiger partial charge in [-0.2, -0.15) is 0 Å². The Bertz CT molecular complexity index is 841. The normalized spacial score (nSPS) is 17.8. The minimum absolute atomic E-state index is 0.0374. The van der Waals surface area contributed by atoms with Gasteiger partial charge in [-0.25, -0.2) is 13.2 Å². The lowest BCUT2D eigenvalue weighted by atomic mass is 10.2. The number of hydrogen-bond donors (Lipinski definition) is 0. The molecule has 0 bridgehead atoms. The number of methoxy groups -OCH3 is 2. The lowest BCUT2D eigenvalue weighted by molar-refractivity contribution is -0.149. The molecule has 0 saturated carbocycles. The highest BCUT2D eigenvalue weighted by Gasteiger charge is 2.34. The Labute approximate surface area is 171 Å². The second kappa shape index (κ2) is 10.3. The third-order valence-corrected chi connectivity index (χ3v) is 6.31. The number of rotatable bonds is 9. The molecule has 1 heterocycles. The summed E-state index contributed by atoms with van der Waals surface area (Å²) < 4.78 is 38.8. The summed E-state index contributed by atoms with van der Waals surface area (Å²) in [6.45, 7) is 1.90. The highest BCUT2D eigenvalue weighted by molar-refractivity contribution is 7.91. The number of carbonyl (C=O) groups is 2. The first-order valence-corrected chi connectivity index (χ1v) is 11.2. The topological polar surface area (TPSA) is 99.2 Å². The lowest BCUT2D eigenvalue weighted by Crippen LogP contribution is -2.43. The van der Waals surface area contributed by atoms with Crippen molar-refractivity contribution in [3.05, 3.63) is 29.8 Å². The number of amides is 1. The summed E-state index contributed by atoms with van der Waals surface area (Å²) in [6.07, 6.45) is 3.85. The van der Waals surface area contributed by atoms with E-state index in [-0.39, 0.29) is 17.5 Å². The Morgan fingerprint density at radius 3 is 2.34 bits per heavy atom. The zero-order valence-corrected chi connectivity index (χ0v) is 17.7. The summed E-state index contributed by atoms with van der Waals surface area (Å²) in [5, 5.41) is 0. The number of carbonyl (C=O) groups excluding carboxylic acids is 2. The van der Waals surface area contributed by atoms with Gasteiger partial charge >= 0.3 is 5.97 Å². The van der Waals surface area contributed by atoms with Crippen LogP contribution in [0, 0.1) is 0 Å². The van der Waals surface area contributed by atoms with E-state index in [0.29, 0.717) is 36.4 Å². The number of esters is 1. The van der Waals surface area contributed by atoms with Crippen molar-refractivity contribution in [2.45, 2.75) is 25.8 Å². The van der Waals surface area contributed by atoms with Crippen molar-refractivity contribution in [1.82, 2.24) is 4.90 Å². The van der Waals surface area contributed by atoms with E-state index in [1.165, 1.54) is 31.3 Å². The highest BCUT2D eigenvalue weighted by atomic mass is 32.2. The summed E-state index contributed by atoms with van der Waals surface area (Å²) in [6, 6.07) is 4.80. The van der Waals surface area contributed by atoms with Crippen LogP contribution < -0.4 is 9.47 Å². The molecule has 1 saturated heterocycles. The van der Waals surface area contributed by atoms with E-state index in [2.05, 4.69) is 0 Å². The molecule has 0 aromatic heterocycles. The van der Waals surface area contributed by atoms with Gasteiger partial charge in [-0.1, -0.05) is 6.92 Å². The summed E-state index contributed by atoms with van der Waals surface area (Å²) in [5.41, 5.74) is 0.674. The van der Waals surface area contributed by atoms with E-state index >= 15 is 0 Å². The molecule has 0 spiro atoms. The molecule has 0 radical (unpaired) electrons. The minimum Gasteiger partial charge on any atom is -0.497 e. The van der Waals surface area contributed by atoms with Crippen LogP contribution in [0.25, 0.3) is 6.08 Å². The Morgan fingerprint density at radius 1 is 1.17 bits per heavy atom. The van der Waals surface area contributed by atoms with Crippen molar-refractivity contribution < 1.29 is 32.2 Å². The van der Waals surface area contributed by atoms with E-state index in [0.717, 1.165) is 0 Å². The van der Waals surface area contributed by atoms with E-state index < -0.39 is 28.3 Å². The predicted molar refractivity (Wildman–Crippen MR) is 109 cm³/mol. The molecule has 1 aromatic carbocycles. The molecule has 1 aliphatic rings. The number of benzene rings is 1. The van der Waals surface area contributed by atoms with Crippen LogP contribution in [0.4, 0.5) is 0 Å². The fourth-order valence-electron chi connectivity index (χ4n) is 3.13. The Hall–Kier alpha value is -2.55.